The van der Waals surface area contributed by atoms with E-state index < -0.39 is 10.8 Å². The molecule has 0 N–H and O–H groups in total. The highest BCUT2D eigenvalue weighted by atomic mass is 79.9. The van der Waals surface area contributed by atoms with E-state index in [0.717, 1.165) is 4.47 Å². The molecule has 4 rings (SSSR count). The molecule has 3 aromatic rings. The summed E-state index contributed by atoms with van der Waals surface area (Å²) in [5, 5.41) is 0. The van der Waals surface area contributed by atoms with Crippen molar-refractivity contribution < 1.29 is 22.6 Å². The molecule has 0 radical (unpaired) electrons. The summed E-state index contributed by atoms with van der Waals surface area (Å²) in [6, 6.07) is 13.8. The number of nitrogens with zero attached hydrogens (tertiary/aromatic N) is 2. The van der Waals surface area contributed by atoms with Crippen LogP contribution < -0.4 is 0 Å². The van der Waals surface area contributed by atoms with Gasteiger partial charge in [-0.2, -0.15) is 0 Å². The largest absolute Gasteiger partial charge is 0.459 e. The molecule has 0 unspecified atom stereocenters. The van der Waals surface area contributed by atoms with Crippen LogP contribution in [0.5, 0.6) is 0 Å². The van der Waals surface area contributed by atoms with Gasteiger partial charge in [0.25, 0.3) is 11.8 Å². The van der Waals surface area contributed by atoms with Crippen LogP contribution in [0.15, 0.2) is 73.0 Å². The van der Waals surface area contributed by atoms with E-state index in [-0.39, 0.29) is 23.3 Å². The van der Waals surface area contributed by atoms with Gasteiger partial charge in [0.1, 0.15) is 5.76 Å². The Morgan fingerprint density at radius 1 is 0.900 bits per heavy atom. The van der Waals surface area contributed by atoms with Gasteiger partial charge >= 0.3 is 0 Å². The maximum absolute atomic E-state index is 12.7. The zero-order valence-electron chi connectivity index (χ0n) is 16.0. The number of hydrogen-bond donors (Lipinski definition) is 0. The molecule has 7 nitrogen and oxygen atoms in total. The van der Waals surface area contributed by atoms with E-state index in [4.69, 9.17) is 8.83 Å². The average molecular weight is 491 g/mol. The SMILES string of the molecule is O=C(c1ccco1)N1CCN(C(=O)c2ccc(C[S@@](=O)c3ccc(Br)cc3)o2)CC1. The molecule has 0 bridgehead atoms. The minimum Gasteiger partial charge on any atom is -0.459 e. The third-order valence-corrected chi connectivity index (χ3v) is 6.68. The van der Waals surface area contributed by atoms with Crippen LogP contribution in [-0.2, 0) is 16.6 Å². The number of carbonyl (C=O) groups excluding carboxylic acids is 2. The molecule has 9 heteroatoms. The van der Waals surface area contributed by atoms with Crippen LogP contribution in [0.2, 0.25) is 0 Å². The molecule has 1 saturated heterocycles. The molecule has 1 aliphatic rings. The van der Waals surface area contributed by atoms with Crippen LogP contribution in [-0.4, -0.2) is 52.0 Å². The highest BCUT2D eigenvalue weighted by Gasteiger charge is 2.28. The number of carbonyl (C=O) groups is 2. The predicted octanol–water partition coefficient (Wildman–Crippen LogP) is 3.54. The number of amides is 2. The van der Waals surface area contributed by atoms with Crippen molar-refractivity contribution in [1.82, 2.24) is 9.80 Å². The Morgan fingerprint density at radius 2 is 1.53 bits per heavy atom. The van der Waals surface area contributed by atoms with Crippen LogP contribution in [0.25, 0.3) is 0 Å². The molecule has 0 aliphatic carbocycles. The molecule has 1 atom stereocenters. The molecule has 156 valence electrons. The topological polar surface area (TPSA) is 84.0 Å². The molecular weight excluding hydrogens is 472 g/mol. The molecule has 0 spiro atoms. The van der Waals surface area contributed by atoms with E-state index in [0.29, 0.717) is 42.6 Å². The van der Waals surface area contributed by atoms with Crippen molar-refractivity contribution in [2.24, 2.45) is 0 Å². The third kappa shape index (κ3) is 4.57. The fourth-order valence-corrected chi connectivity index (χ4v) is 4.48. The predicted molar refractivity (Wildman–Crippen MR) is 113 cm³/mol. The van der Waals surface area contributed by atoms with Gasteiger partial charge in [0.05, 0.1) is 22.8 Å². The Bertz CT molecular complexity index is 1050. The minimum absolute atomic E-state index is 0.178. The van der Waals surface area contributed by atoms with E-state index in [1.165, 1.54) is 6.26 Å². The van der Waals surface area contributed by atoms with E-state index >= 15 is 0 Å². The van der Waals surface area contributed by atoms with Crippen LogP contribution >= 0.6 is 15.9 Å². The molecule has 1 aromatic carbocycles. The molecule has 1 aliphatic heterocycles. The van der Waals surface area contributed by atoms with Gasteiger partial charge in [0.15, 0.2) is 11.5 Å². The summed E-state index contributed by atoms with van der Waals surface area (Å²) in [5.41, 5.74) is 0. The van der Waals surface area contributed by atoms with Gasteiger partial charge in [-0.1, -0.05) is 15.9 Å². The summed E-state index contributed by atoms with van der Waals surface area (Å²) in [5.74, 6) is 0.781. The summed E-state index contributed by atoms with van der Waals surface area (Å²) in [7, 11) is -1.26. The fraction of sp³-hybridized carbons (Fsp3) is 0.238. The molecule has 3 heterocycles. The van der Waals surface area contributed by atoms with E-state index in [1.807, 2.05) is 12.1 Å². The molecule has 30 heavy (non-hydrogen) atoms. The minimum atomic E-state index is -1.26. The highest BCUT2D eigenvalue weighted by Crippen LogP contribution is 2.19. The standard InChI is InChI=1S/C21H19BrN2O5S/c22-15-3-6-17(7-4-15)30(27)14-16-5-8-19(29-16)21(26)24-11-9-23(10-12-24)20(25)18-2-1-13-28-18/h1-8,13H,9-12,14H2/t30-/m1/s1. The maximum atomic E-state index is 12.7. The fourth-order valence-electron chi connectivity index (χ4n) is 3.19. The molecule has 2 amide bonds. The van der Waals surface area contributed by atoms with Gasteiger partial charge in [0.2, 0.25) is 0 Å². The zero-order valence-corrected chi connectivity index (χ0v) is 18.4. The van der Waals surface area contributed by atoms with Gasteiger partial charge in [0, 0.05) is 35.5 Å². The lowest BCUT2D eigenvalue weighted by molar-refractivity contribution is 0.0501. The van der Waals surface area contributed by atoms with Gasteiger partial charge < -0.3 is 18.6 Å². The molecule has 2 aromatic heterocycles. The quantitative estimate of drug-likeness (QED) is 0.545. The lowest BCUT2D eigenvalue weighted by atomic mass is 10.2. The first-order valence-corrected chi connectivity index (χ1v) is 11.5. The van der Waals surface area contributed by atoms with Crippen molar-refractivity contribution in [3.63, 3.8) is 0 Å². The Labute approximate surface area is 184 Å². The van der Waals surface area contributed by atoms with Crippen molar-refractivity contribution in [2.75, 3.05) is 26.2 Å². The number of rotatable bonds is 5. The van der Waals surface area contributed by atoms with E-state index in [1.54, 1.807) is 46.2 Å². The second-order valence-corrected chi connectivity index (χ2v) is 9.14. The number of hydrogen-bond acceptors (Lipinski definition) is 5. The van der Waals surface area contributed by atoms with Crippen molar-refractivity contribution in [3.05, 3.63) is 76.5 Å². The normalized spacial score (nSPS) is 15.2. The lowest BCUT2D eigenvalue weighted by Gasteiger charge is -2.33. The zero-order chi connectivity index (χ0) is 21.1. The summed E-state index contributed by atoms with van der Waals surface area (Å²) in [6.07, 6.45) is 1.46. The summed E-state index contributed by atoms with van der Waals surface area (Å²) in [6.45, 7) is 1.66. The Morgan fingerprint density at radius 3 is 2.13 bits per heavy atom. The van der Waals surface area contributed by atoms with Crippen molar-refractivity contribution in [2.45, 2.75) is 10.6 Å². The molecular formula is C21H19BrN2O5S. The summed E-state index contributed by atoms with van der Waals surface area (Å²) >= 11 is 3.35. The maximum Gasteiger partial charge on any atom is 0.289 e. The average Bonchev–Trinajstić information content (AvgIpc) is 3.46. The first-order chi connectivity index (χ1) is 14.5. The Hall–Kier alpha value is -2.65. The first kappa shape index (κ1) is 20.6. The summed E-state index contributed by atoms with van der Waals surface area (Å²) < 4.78 is 24.2. The van der Waals surface area contributed by atoms with Gasteiger partial charge in [-0.25, -0.2) is 0 Å². The Kier molecular flexibility index (Phi) is 6.19. The van der Waals surface area contributed by atoms with E-state index in [2.05, 4.69) is 15.9 Å². The van der Waals surface area contributed by atoms with Crippen LogP contribution in [0.1, 0.15) is 26.9 Å². The van der Waals surface area contributed by atoms with Crippen molar-refractivity contribution in [3.8, 4) is 0 Å². The number of halogens is 1. The number of piperazine rings is 1. The lowest BCUT2D eigenvalue weighted by Crippen LogP contribution is -2.50. The van der Waals surface area contributed by atoms with Crippen molar-refractivity contribution in [1.29, 1.82) is 0 Å². The van der Waals surface area contributed by atoms with Gasteiger partial charge in [-0.15, -0.1) is 0 Å². The van der Waals surface area contributed by atoms with Crippen LogP contribution in [0, 0.1) is 0 Å². The monoisotopic (exact) mass is 490 g/mol. The van der Waals surface area contributed by atoms with E-state index in [9.17, 15) is 13.8 Å². The number of furan rings is 2. The highest BCUT2D eigenvalue weighted by molar-refractivity contribution is 9.10. The second-order valence-electron chi connectivity index (χ2n) is 6.77. The van der Waals surface area contributed by atoms with Gasteiger partial charge in [-0.05, 0) is 48.5 Å². The molecule has 0 saturated carbocycles. The van der Waals surface area contributed by atoms with Crippen molar-refractivity contribution >= 4 is 38.5 Å². The smallest absolute Gasteiger partial charge is 0.289 e. The molecule has 1 fully saturated rings. The third-order valence-electron chi connectivity index (χ3n) is 4.81. The Balaban J connectivity index is 1.33. The van der Waals surface area contributed by atoms with Crippen LogP contribution in [0.3, 0.4) is 0 Å². The first-order valence-electron chi connectivity index (χ1n) is 9.36. The summed E-state index contributed by atoms with van der Waals surface area (Å²) in [4.78, 5) is 29.1. The second kappa shape index (κ2) is 9.01. The number of benzene rings is 1. The van der Waals surface area contributed by atoms with Crippen LogP contribution in [0.4, 0.5) is 0 Å². The van der Waals surface area contributed by atoms with Gasteiger partial charge in [-0.3, -0.25) is 13.8 Å².